The first kappa shape index (κ1) is 15.7. The minimum absolute atomic E-state index is 0.0457. The van der Waals surface area contributed by atoms with E-state index in [4.69, 9.17) is 10.8 Å². The zero-order chi connectivity index (χ0) is 14.6. The number of nitrogens with one attached hydrogen (secondary N) is 1. The van der Waals surface area contributed by atoms with Crippen molar-refractivity contribution in [1.29, 1.82) is 0 Å². The van der Waals surface area contributed by atoms with Gasteiger partial charge in [-0.2, -0.15) is 0 Å². The van der Waals surface area contributed by atoms with Crippen LogP contribution in [0.4, 0.5) is 0 Å². The molecule has 19 heavy (non-hydrogen) atoms. The van der Waals surface area contributed by atoms with Crippen LogP contribution in [0.1, 0.15) is 36.8 Å². The molecule has 0 aliphatic heterocycles. The highest BCUT2D eigenvalue weighted by Crippen LogP contribution is 2.18. The summed E-state index contributed by atoms with van der Waals surface area (Å²) in [5.74, 6) is -1.16. The third-order valence-electron chi connectivity index (χ3n) is 2.58. The van der Waals surface area contributed by atoms with Crippen LogP contribution in [0.3, 0.4) is 0 Å². The molecule has 0 aliphatic rings. The van der Waals surface area contributed by atoms with E-state index in [0.29, 0.717) is 13.0 Å². The van der Waals surface area contributed by atoms with Gasteiger partial charge < -0.3 is 15.4 Å². The van der Waals surface area contributed by atoms with E-state index >= 15 is 0 Å². The van der Waals surface area contributed by atoms with E-state index in [9.17, 15) is 13.2 Å². The minimum Gasteiger partial charge on any atom is -0.477 e. The number of nitrogens with zero attached hydrogens (tertiary/aromatic N) is 1. The Labute approximate surface area is 112 Å². The third kappa shape index (κ3) is 3.79. The van der Waals surface area contributed by atoms with E-state index in [1.807, 2.05) is 0 Å². The summed E-state index contributed by atoms with van der Waals surface area (Å²) in [6.45, 7) is 4.18. The van der Waals surface area contributed by atoms with Gasteiger partial charge in [0.25, 0.3) is 0 Å². The van der Waals surface area contributed by atoms with Gasteiger partial charge in [-0.3, -0.25) is 0 Å². The predicted octanol–water partition coefficient (Wildman–Crippen LogP) is 0.394. The second kappa shape index (κ2) is 6.18. The number of aromatic carboxylic acids is 1. The molecule has 0 atom stereocenters. The molecule has 0 spiro atoms. The van der Waals surface area contributed by atoms with E-state index in [1.165, 1.54) is 10.8 Å². The number of hydrogen-bond acceptors (Lipinski definition) is 4. The smallest absolute Gasteiger partial charge is 0.352 e. The molecule has 0 unspecified atom stereocenters. The molecule has 0 fully saturated rings. The fraction of sp³-hybridized carbons (Fsp3) is 0.545. The number of nitrogens with two attached hydrogens (primary N) is 1. The maximum absolute atomic E-state index is 12.0. The molecule has 1 aromatic rings. The molecular formula is C11H19N3O4S. The maximum Gasteiger partial charge on any atom is 0.352 e. The topological polar surface area (TPSA) is 114 Å². The lowest BCUT2D eigenvalue weighted by atomic mass is 10.3. The summed E-state index contributed by atoms with van der Waals surface area (Å²) < 4.78 is 27.7. The summed E-state index contributed by atoms with van der Waals surface area (Å²) in [6.07, 6.45) is 1.86. The first-order chi connectivity index (χ1) is 8.79. The summed E-state index contributed by atoms with van der Waals surface area (Å²) in [4.78, 5) is 11.0. The summed E-state index contributed by atoms with van der Waals surface area (Å²) >= 11 is 0. The van der Waals surface area contributed by atoms with Crippen LogP contribution in [-0.4, -0.2) is 37.2 Å². The summed E-state index contributed by atoms with van der Waals surface area (Å²) in [7, 11) is -3.69. The van der Waals surface area contributed by atoms with Crippen molar-refractivity contribution in [3.63, 3.8) is 0 Å². The molecule has 0 aromatic carbocycles. The van der Waals surface area contributed by atoms with Crippen molar-refractivity contribution >= 4 is 16.0 Å². The lowest BCUT2D eigenvalue weighted by Crippen LogP contribution is -2.26. The first-order valence-corrected chi connectivity index (χ1v) is 7.43. The molecule has 1 aromatic heterocycles. The number of aromatic nitrogens is 1. The van der Waals surface area contributed by atoms with Gasteiger partial charge in [0, 0.05) is 18.8 Å². The Morgan fingerprint density at radius 1 is 1.53 bits per heavy atom. The first-order valence-electron chi connectivity index (χ1n) is 5.94. The quantitative estimate of drug-likeness (QED) is 0.628. The average Bonchev–Trinajstić information content (AvgIpc) is 2.74. The molecule has 1 heterocycles. The van der Waals surface area contributed by atoms with Crippen molar-refractivity contribution in [2.24, 2.45) is 5.73 Å². The highest BCUT2D eigenvalue weighted by molar-refractivity contribution is 7.89. The van der Waals surface area contributed by atoms with E-state index in [0.717, 1.165) is 6.07 Å². The zero-order valence-electron chi connectivity index (χ0n) is 11.0. The second-order valence-corrected chi connectivity index (χ2v) is 6.17. The normalized spacial score (nSPS) is 12.0. The molecule has 1 rings (SSSR count). The lowest BCUT2D eigenvalue weighted by Gasteiger charge is -2.09. The van der Waals surface area contributed by atoms with Gasteiger partial charge >= 0.3 is 5.97 Å². The monoisotopic (exact) mass is 289 g/mol. The predicted molar refractivity (Wildman–Crippen MR) is 70.6 cm³/mol. The summed E-state index contributed by atoms with van der Waals surface area (Å²) in [5, 5.41) is 9.06. The van der Waals surface area contributed by atoms with Crippen LogP contribution < -0.4 is 10.5 Å². The molecule has 0 aliphatic carbocycles. The summed E-state index contributed by atoms with van der Waals surface area (Å²) in [6, 6.07) is 1.02. The van der Waals surface area contributed by atoms with Crippen LogP contribution in [0, 0.1) is 0 Å². The minimum atomic E-state index is -3.69. The fourth-order valence-corrected chi connectivity index (χ4v) is 2.69. The van der Waals surface area contributed by atoms with E-state index in [1.54, 1.807) is 13.8 Å². The maximum atomic E-state index is 12.0. The second-order valence-electron chi connectivity index (χ2n) is 4.41. The van der Waals surface area contributed by atoms with Crippen molar-refractivity contribution in [1.82, 2.24) is 9.29 Å². The van der Waals surface area contributed by atoms with Gasteiger partial charge in [-0.25, -0.2) is 17.9 Å². The SMILES string of the molecule is CC(C)n1cc(S(=O)(=O)NCCCN)cc1C(=O)O. The standard InChI is InChI=1S/C11H19N3O4S/c1-8(2)14-7-9(6-10(14)11(15)16)19(17,18)13-5-3-4-12/h6-8,13H,3-5,12H2,1-2H3,(H,15,16). The molecule has 0 saturated heterocycles. The zero-order valence-corrected chi connectivity index (χ0v) is 11.8. The van der Waals surface area contributed by atoms with Gasteiger partial charge in [0.1, 0.15) is 10.6 Å². The molecule has 0 radical (unpaired) electrons. The Morgan fingerprint density at radius 2 is 2.16 bits per heavy atom. The van der Waals surface area contributed by atoms with E-state index < -0.39 is 16.0 Å². The van der Waals surface area contributed by atoms with Crippen LogP contribution >= 0.6 is 0 Å². The van der Waals surface area contributed by atoms with Gasteiger partial charge in [0.05, 0.1) is 0 Å². The molecular weight excluding hydrogens is 270 g/mol. The van der Waals surface area contributed by atoms with Crippen LogP contribution in [0.25, 0.3) is 0 Å². The van der Waals surface area contributed by atoms with E-state index in [-0.39, 0.29) is 23.2 Å². The number of carbonyl (C=O) groups is 1. The van der Waals surface area contributed by atoms with Crippen LogP contribution in [0.5, 0.6) is 0 Å². The van der Waals surface area contributed by atoms with Gasteiger partial charge in [0.15, 0.2) is 0 Å². The largest absolute Gasteiger partial charge is 0.477 e. The van der Waals surface area contributed by atoms with Gasteiger partial charge in [0.2, 0.25) is 10.0 Å². The molecule has 0 saturated carbocycles. The Bertz CT molecular complexity index is 548. The average molecular weight is 289 g/mol. The highest BCUT2D eigenvalue weighted by Gasteiger charge is 2.21. The van der Waals surface area contributed by atoms with Gasteiger partial charge in [-0.05, 0) is 32.9 Å². The Morgan fingerprint density at radius 3 is 2.58 bits per heavy atom. The molecule has 7 nitrogen and oxygen atoms in total. The molecule has 8 heteroatoms. The molecule has 0 bridgehead atoms. The van der Waals surface area contributed by atoms with Crippen LogP contribution in [-0.2, 0) is 10.0 Å². The summed E-state index contributed by atoms with van der Waals surface area (Å²) in [5.41, 5.74) is 5.24. The lowest BCUT2D eigenvalue weighted by molar-refractivity contribution is 0.0683. The van der Waals surface area contributed by atoms with Crippen molar-refractivity contribution < 1.29 is 18.3 Å². The third-order valence-corrected chi connectivity index (χ3v) is 4.01. The van der Waals surface area contributed by atoms with Crippen LogP contribution in [0.2, 0.25) is 0 Å². The fourth-order valence-electron chi connectivity index (χ4n) is 1.59. The number of rotatable bonds is 7. The molecule has 0 amide bonds. The Kier molecular flexibility index (Phi) is 5.10. The Balaban J connectivity index is 3.08. The van der Waals surface area contributed by atoms with Crippen molar-refractivity contribution in [3.8, 4) is 0 Å². The molecule has 4 N–H and O–H groups in total. The van der Waals surface area contributed by atoms with Gasteiger partial charge in [-0.15, -0.1) is 0 Å². The van der Waals surface area contributed by atoms with Crippen LogP contribution in [0.15, 0.2) is 17.2 Å². The number of hydrogen-bond donors (Lipinski definition) is 3. The number of carboxylic acids is 1. The number of sulfonamides is 1. The van der Waals surface area contributed by atoms with E-state index in [2.05, 4.69) is 4.72 Å². The van der Waals surface area contributed by atoms with Crippen molar-refractivity contribution in [2.45, 2.75) is 31.2 Å². The van der Waals surface area contributed by atoms with Gasteiger partial charge in [-0.1, -0.05) is 0 Å². The Hall–Kier alpha value is -1.38. The highest BCUT2D eigenvalue weighted by atomic mass is 32.2. The number of carboxylic acid groups (broad SMARTS) is 1. The van der Waals surface area contributed by atoms with Crippen molar-refractivity contribution in [2.75, 3.05) is 13.1 Å². The van der Waals surface area contributed by atoms with Crippen molar-refractivity contribution in [3.05, 3.63) is 18.0 Å². The molecule has 108 valence electrons.